The Bertz CT molecular complexity index is 502. The van der Waals surface area contributed by atoms with Crippen molar-refractivity contribution in [3.05, 3.63) is 33.8 Å². The topological polar surface area (TPSA) is 49.8 Å². The molecule has 0 saturated carbocycles. The van der Waals surface area contributed by atoms with Crippen LogP contribution >= 0.6 is 23.2 Å². The molecule has 6 heteroatoms. The van der Waals surface area contributed by atoms with Crippen molar-refractivity contribution in [1.82, 2.24) is 4.90 Å². The Balaban J connectivity index is 1.81. The number of carbonyl (C=O) groups is 1. The normalized spacial score (nSPS) is 16.0. The van der Waals surface area contributed by atoms with Crippen LogP contribution in [0, 0.1) is 0 Å². The fourth-order valence-corrected chi connectivity index (χ4v) is 2.92. The Morgan fingerprint density at radius 2 is 2.05 bits per heavy atom. The van der Waals surface area contributed by atoms with Crippen molar-refractivity contribution in [3.63, 3.8) is 0 Å². The second-order valence-corrected chi connectivity index (χ2v) is 6.28. The number of hydrogen-bond acceptors (Lipinski definition) is 3. The summed E-state index contributed by atoms with van der Waals surface area (Å²) in [6, 6.07) is 5.17. The van der Waals surface area contributed by atoms with Gasteiger partial charge >= 0.3 is 0 Å². The number of amides is 1. The average molecular weight is 346 g/mol. The maximum atomic E-state index is 12.3. The summed E-state index contributed by atoms with van der Waals surface area (Å²) in [5, 5.41) is 9.90. The van der Waals surface area contributed by atoms with Crippen molar-refractivity contribution < 1.29 is 14.6 Å². The van der Waals surface area contributed by atoms with Gasteiger partial charge in [0.15, 0.2) is 0 Å². The van der Waals surface area contributed by atoms with Crippen molar-refractivity contribution in [1.29, 1.82) is 0 Å². The zero-order valence-corrected chi connectivity index (χ0v) is 13.9. The van der Waals surface area contributed by atoms with Crippen LogP contribution in [0.3, 0.4) is 0 Å². The number of carbonyl (C=O) groups excluding carboxylic acids is 1. The lowest BCUT2D eigenvalue weighted by Gasteiger charge is -2.32. The van der Waals surface area contributed by atoms with Crippen LogP contribution in [0.2, 0.25) is 10.0 Å². The molecule has 0 unspecified atom stereocenters. The van der Waals surface area contributed by atoms with Crippen molar-refractivity contribution in [2.45, 2.75) is 31.8 Å². The predicted octanol–water partition coefficient (Wildman–Crippen LogP) is 2.93. The molecule has 1 aromatic rings. The van der Waals surface area contributed by atoms with Gasteiger partial charge in [-0.25, -0.2) is 0 Å². The number of halogens is 2. The summed E-state index contributed by atoms with van der Waals surface area (Å²) in [4.78, 5) is 14.2. The Morgan fingerprint density at radius 3 is 2.73 bits per heavy atom. The fraction of sp³-hybridized carbons (Fsp3) is 0.562. The van der Waals surface area contributed by atoms with Gasteiger partial charge in [0.25, 0.3) is 0 Å². The molecule has 1 aromatic carbocycles. The monoisotopic (exact) mass is 345 g/mol. The van der Waals surface area contributed by atoms with Crippen molar-refractivity contribution in [3.8, 4) is 0 Å². The molecule has 122 valence electrons. The van der Waals surface area contributed by atoms with Crippen LogP contribution in [-0.4, -0.2) is 48.3 Å². The van der Waals surface area contributed by atoms with Gasteiger partial charge in [-0.1, -0.05) is 23.2 Å². The summed E-state index contributed by atoms with van der Waals surface area (Å²) in [5.41, 5.74) is 0.764. The summed E-state index contributed by atoms with van der Waals surface area (Å²) in [6.45, 7) is 2.12. The van der Waals surface area contributed by atoms with Gasteiger partial charge in [0.1, 0.15) is 0 Å². The molecule has 0 aromatic heterocycles. The molecule has 0 spiro atoms. The van der Waals surface area contributed by atoms with E-state index < -0.39 is 0 Å². The molecule has 1 fully saturated rings. The molecular weight excluding hydrogens is 325 g/mol. The lowest BCUT2D eigenvalue weighted by atomic mass is 10.1. The van der Waals surface area contributed by atoms with E-state index in [9.17, 15) is 4.79 Å². The second kappa shape index (κ2) is 8.73. The summed E-state index contributed by atoms with van der Waals surface area (Å²) < 4.78 is 5.67. The van der Waals surface area contributed by atoms with E-state index in [2.05, 4.69) is 0 Å². The van der Waals surface area contributed by atoms with Crippen LogP contribution in [0.15, 0.2) is 18.2 Å². The highest BCUT2D eigenvalue weighted by molar-refractivity contribution is 6.33. The summed E-state index contributed by atoms with van der Waals surface area (Å²) >= 11 is 12.1. The van der Waals surface area contributed by atoms with Gasteiger partial charge in [-0.05, 0) is 43.0 Å². The third-order valence-electron chi connectivity index (χ3n) is 3.80. The molecule has 0 atom stereocenters. The number of hydrogen-bond donors (Lipinski definition) is 1. The van der Waals surface area contributed by atoms with E-state index in [4.69, 9.17) is 33.0 Å². The number of likely N-dealkylation sites (tertiary alicyclic amines) is 1. The van der Waals surface area contributed by atoms with Gasteiger partial charge in [-0.2, -0.15) is 0 Å². The molecule has 0 aliphatic carbocycles. The first kappa shape index (κ1) is 17.5. The predicted molar refractivity (Wildman–Crippen MR) is 87.4 cm³/mol. The molecule has 1 saturated heterocycles. The highest BCUT2D eigenvalue weighted by Gasteiger charge is 2.23. The number of nitrogens with zero attached hydrogens (tertiary/aromatic N) is 1. The largest absolute Gasteiger partial charge is 0.396 e. The molecule has 22 heavy (non-hydrogen) atoms. The fourth-order valence-electron chi connectivity index (χ4n) is 2.54. The first-order valence-electron chi connectivity index (χ1n) is 7.54. The van der Waals surface area contributed by atoms with Gasteiger partial charge in [0, 0.05) is 36.3 Å². The van der Waals surface area contributed by atoms with E-state index in [-0.39, 0.29) is 25.0 Å². The van der Waals surface area contributed by atoms with Gasteiger partial charge in [-0.3, -0.25) is 4.79 Å². The van der Waals surface area contributed by atoms with Crippen molar-refractivity contribution in [2.75, 3.05) is 26.3 Å². The molecule has 1 aliphatic heterocycles. The number of rotatable bonds is 6. The minimum atomic E-state index is 0.0676. The average Bonchev–Trinajstić information content (AvgIpc) is 2.52. The number of aliphatic hydroxyl groups excluding tert-OH is 1. The van der Waals surface area contributed by atoms with E-state index in [1.165, 1.54) is 0 Å². The van der Waals surface area contributed by atoms with E-state index >= 15 is 0 Å². The maximum Gasteiger partial charge on any atom is 0.227 e. The number of benzene rings is 1. The van der Waals surface area contributed by atoms with E-state index in [1.54, 1.807) is 18.2 Å². The van der Waals surface area contributed by atoms with Crippen molar-refractivity contribution >= 4 is 29.1 Å². The quantitative estimate of drug-likeness (QED) is 0.806. The zero-order valence-electron chi connectivity index (χ0n) is 12.4. The Hall–Kier alpha value is -0.810. The minimum absolute atomic E-state index is 0.0676. The molecule has 1 heterocycles. The highest BCUT2D eigenvalue weighted by atomic mass is 35.5. The summed E-state index contributed by atoms with van der Waals surface area (Å²) in [5.74, 6) is 0.0676. The standard InChI is InChI=1S/C16H21Cl2NO3/c17-13-2-3-15(18)12(10-13)11-16(21)19-6-4-14(5-7-19)22-9-1-8-20/h2-3,10,14,20H,1,4-9,11H2. The van der Waals surface area contributed by atoms with Gasteiger partial charge in [0.05, 0.1) is 12.5 Å². The van der Waals surface area contributed by atoms with Gasteiger partial charge in [0.2, 0.25) is 5.91 Å². The van der Waals surface area contributed by atoms with Crippen LogP contribution in [0.5, 0.6) is 0 Å². The molecule has 1 aliphatic rings. The number of piperidine rings is 1. The number of ether oxygens (including phenoxy) is 1. The van der Waals surface area contributed by atoms with E-state index in [0.717, 1.165) is 18.4 Å². The molecule has 4 nitrogen and oxygen atoms in total. The SMILES string of the molecule is O=C(Cc1cc(Cl)ccc1Cl)N1CCC(OCCCO)CC1. The lowest BCUT2D eigenvalue weighted by molar-refractivity contribution is -0.133. The van der Waals surface area contributed by atoms with Crippen LogP contribution in [0.4, 0.5) is 0 Å². The first-order chi connectivity index (χ1) is 10.6. The first-order valence-corrected chi connectivity index (χ1v) is 8.30. The van der Waals surface area contributed by atoms with Crippen LogP contribution < -0.4 is 0 Å². The molecule has 2 rings (SSSR count). The molecule has 0 radical (unpaired) electrons. The van der Waals surface area contributed by atoms with Crippen molar-refractivity contribution in [2.24, 2.45) is 0 Å². The lowest BCUT2D eigenvalue weighted by Crippen LogP contribution is -2.41. The summed E-state index contributed by atoms with van der Waals surface area (Å²) in [6.07, 6.45) is 2.79. The molecule has 1 amide bonds. The smallest absolute Gasteiger partial charge is 0.227 e. The minimum Gasteiger partial charge on any atom is -0.396 e. The maximum absolute atomic E-state index is 12.3. The molecule has 1 N–H and O–H groups in total. The molecular formula is C16H21Cl2NO3. The van der Waals surface area contributed by atoms with Crippen LogP contribution in [-0.2, 0) is 16.0 Å². The van der Waals surface area contributed by atoms with Crippen LogP contribution in [0.1, 0.15) is 24.8 Å². The Morgan fingerprint density at radius 1 is 1.32 bits per heavy atom. The van der Waals surface area contributed by atoms with Gasteiger partial charge < -0.3 is 14.7 Å². The summed E-state index contributed by atoms with van der Waals surface area (Å²) in [7, 11) is 0. The van der Waals surface area contributed by atoms with Crippen LogP contribution in [0.25, 0.3) is 0 Å². The Labute approximate surface area is 141 Å². The third kappa shape index (κ3) is 5.13. The highest BCUT2D eigenvalue weighted by Crippen LogP contribution is 2.22. The third-order valence-corrected chi connectivity index (χ3v) is 4.40. The second-order valence-electron chi connectivity index (χ2n) is 5.44. The molecule has 0 bridgehead atoms. The number of aliphatic hydroxyl groups is 1. The zero-order chi connectivity index (χ0) is 15.9. The Kier molecular flexibility index (Phi) is 6.96. The van der Waals surface area contributed by atoms with Gasteiger partial charge in [-0.15, -0.1) is 0 Å². The van der Waals surface area contributed by atoms with E-state index in [1.807, 2.05) is 4.90 Å². The van der Waals surface area contributed by atoms with E-state index in [0.29, 0.717) is 36.2 Å².